The Morgan fingerprint density at radius 3 is 2.90 bits per heavy atom. The summed E-state index contributed by atoms with van der Waals surface area (Å²) in [7, 11) is 1.28. The number of ether oxygens (including phenoxy) is 1. The van der Waals surface area contributed by atoms with Gasteiger partial charge in [-0.05, 0) is 12.3 Å². The van der Waals surface area contributed by atoms with Gasteiger partial charge in [0.15, 0.2) is 11.6 Å². The van der Waals surface area contributed by atoms with Crippen molar-refractivity contribution in [1.29, 1.82) is 0 Å². The number of carbonyl (C=O) groups is 1. The van der Waals surface area contributed by atoms with Crippen LogP contribution in [-0.2, 0) is 4.79 Å². The van der Waals surface area contributed by atoms with Crippen LogP contribution in [0.3, 0.4) is 0 Å². The van der Waals surface area contributed by atoms with E-state index in [9.17, 15) is 19.3 Å². The summed E-state index contributed by atoms with van der Waals surface area (Å²) in [5.74, 6) is -1.66. The van der Waals surface area contributed by atoms with Gasteiger partial charge in [-0.3, -0.25) is 14.9 Å². The van der Waals surface area contributed by atoms with Gasteiger partial charge in [0.05, 0.1) is 23.8 Å². The van der Waals surface area contributed by atoms with Crippen LogP contribution in [0.15, 0.2) is 12.1 Å². The van der Waals surface area contributed by atoms with Gasteiger partial charge in [-0.25, -0.2) is 4.39 Å². The average Bonchev–Trinajstić information content (AvgIpc) is 2.85. The van der Waals surface area contributed by atoms with Gasteiger partial charge in [-0.1, -0.05) is 0 Å². The molecule has 0 aliphatic carbocycles. The van der Waals surface area contributed by atoms with Crippen molar-refractivity contribution in [3.63, 3.8) is 0 Å². The van der Waals surface area contributed by atoms with Crippen LogP contribution in [0, 0.1) is 21.8 Å². The molecule has 1 saturated heterocycles. The van der Waals surface area contributed by atoms with Crippen LogP contribution >= 0.6 is 0 Å². The predicted octanol–water partition coefficient (Wildman–Crippen LogP) is 2.04. The first-order valence-corrected chi connectivity index (χ1v) is 6.41. The van der Waals surface area contributed by atoms with Gasteiger partial charge in [0.1, 0.15) is 0 Å². The molecule has 1 fully saturated rings. The van der Waals surface area contributed by atoms with E-state index in [1.54, 1.807) is 4.90 Å². The van der Waals surface area contributed by atoms with E-state index in [2.05, 4.69) is 0 Å². The Balaban J connectivity index is 2.25. The number of aliphatic carboxylic acids is 1. The highest BCUT2D eigenvalue weighted by Crippen LogP contribution is 2.36. The van der Waals surface area contributed by atoms with Crippen LogP contribution in [0.2, 0.25) is 0 Å². The van der Waals surface area contributed by atoms with Crippen LogP contribution in [-0.4, -0.2) is 36.2 Å². The first kappa shape index (κ1) is 15.0. The van der Waals surface area contributed by atoms with Crippen LogP contribution in [0.5, 0.6) is 5.75 Å². The third-order valence-corrected chi connectivity index (χ3v) is 3.53. The SMILES string of the molecule is COc1cc(N2CCC(CC(=O)O)C2)c(F)cc1[N+](=O)[O-]. The van der Waals surface area contributed by atoms with E-state index in [4.69, 9.17) is 9.84 Å². The molecule has 21 heavy (non-hydrogen) atoms. The molecular formula is C13H15FN2O5. The topological polar surface area (TPSA) is 92.9 Å². The largest absolute Gasteiger partial charge is 0.490 e. The molecule has 1 N–H and O–H groups in total. The minimum atomic E-state index is -0.886. The summed E-state index contributed by atoms with van der Waals surface area (Å²) in [5.41, 5.74) is -0.231. The van der Waals surface area contributed by atoms with Crippen LogP contribution in [0.25, 0.3) is 0 Å². The lowest BCUT2D eigenvalue weighted by Crippen LogP contribution is -2.21. The zero-order chi connectivity index (χ0) is 15.6. The van der Waals surface area contributed by atoms with Crippen molar-refractivity contribution in [3.8, 4) is 5.75 Å². The monoisotopic (exact) mass is 298 g/mol. The quantitative estimate of drug-likeness (QED) is 0.660. The lowest BCUT2D eigenvalue weighted by atomic mass is 10.1. The molecule has 0 saturated carbocycles. The summed E-state index contributed by atoms with van der Waals surface area (Å²) in [4.78, 5) is 22.5. The third kappa shape index (κ3) is 3.21. The smallest absolute Gasteiger partial charge is 0.313 e. The number of benzene rings is 1. The number of carboxylic acids is 1. The highest BCUT2D eigenvalue weighted by atomic mass is 19.1. The number of methoxy groups -OCH3 is 1. The van der Waals surface area contributed by atoms with Gasteiger partial charge in [0.25, 0.3) is 0 Å². The minimum Gasteiger partial charge on any atom is -0.490 e. The number of hydrogen-bond donors (Lipinski definition) is 1. The van der Waals surface area contributed by atoms with E-state index in [0.29, 0.717) is 19.5 Å². The number of halogens is 1. The Morgan fingerprint density at radius 1 is 1.62 bits per heavy atom. The van der Waals surface area contributed by atoms with Crippen LogP contribution in [0.4, 0.5) is 15.8 Å². The van der Waals surface area contributed by atoms with Crippen molar-refractivity contribution in [1.82, 2.24) is 0 Å². The van der Waals surface area contributed by atoms with E-state index in [0.717, 1.165) is 6.07 Å². The molecule has 7 nitrogen and oxygen atoms in total. The fourth-order valence-electron chi connectivity index (χ4n) is 2.55. The van der Waals surface area contributed by atoms with Gasteiger partial charge in [-0.2, -0.15) is 0 Å². The van der Waals surface area contributed by atoms with Crippen molar-refractivity contribution in [2.75, 3.05) is 25.1 Å². The second-order valence-electron chi connectivity index (χ2n) is 4.93. The second-order valence-corrected chi connectivity index (χ2v) is 4.93. The average molecular weight is 298 g/mol. The summed E-state index contributed by atoms with van der Waals surface area (Å²) in [5, 5.41) is 19.6. The molecule has 1 aromatic rings. The zero-order valence-electron chi connectivity index (χ0n) is 11.4. The van der Waals surface area contributed by atoms with E-state index in [1.807, 2.05) is 0 Å². The van der Waals surface area contributed by atoms with E-state index < -0.39 is 22.4 Å². The maximum Gasteiger partial charge on any atom is 0.313 e. The van der Waals surface area contributed by atoms with Crippen molar-refractivity contribution >= 4 is 17.3 Å². The van der Waals surface area contributed by atoms with Crippen molar-refractivity contribution < 1.29 is 24.0 Å². The zero-order valence-corrected chi connectivity index (χ0v) is 11.4. The Bertz CT molecular complexity index is 578. The Hall–Kier alpha value is -2.38. The molecular weight excluding hydrogens is 283 g/mol. The lowest BCUT2D eigenvalue weighted by molar-refractivity contribution is -0.385. The molecule has 0 aromatic heterocycles. The molecule has 114 valence electrons. The molecule has 2 rings (SSSR count). The minimum absolute atomic E-state index is 0.0157. The van der Waals surface area contributed by atoms with E-state index in [1.165, 1.54) is 13.2 Å². The molecule has 1 unspecified atom stereocenters. The number of hydrogen-bond acceptors (Lipinski definition) is 5. The highest BCUT2D eigenvalue weighted by molar-refractivity contribution is 5.67. The molecule has 1 aromatic carbocycles. The first-order chi connectivity index (χ1) is 9.92. The maximum atomic E-state index is 14.1. The van der Waals surface area contributed by atoms with Gasteiger partial charge in [0.2, 0.25) is 0 Å². The van der Waals surface area contributed by atoms with Crippen LogP contribution < -0.4 is 9.64 Å². The molecule has 0 amide bonds. The standard InChI is InChI=1S/C13H15FN2O5/c1-21-12-6-10(9(14)5-11(12)16(19)20)15-3-2-8(7-15)4-13(17)18/h5-6,8H,2-4,7H2,1H3,(H,17,18). The molecule has 1 aliphatic rings. The summed E-state index contributed by atoms with van der Waals surface area (Å²) < 4.78 is 19.0. The number of carboxylic acid groups (broad SMARTS) is 1. The molecule has 0 spiro atoms. The molecule has 1 atom stereocenters. The Kier molecular flexibility index (Phi) is 4.25. The Morgan fingerprint density at radius 2 is 2.33 bits per heavy atom. The highest BCUT2D eigenvalue weighted by Gasteiger charge is 2.28. The van der Waals surface area contributed by atoms with Gasteiger partial charge in [0, 0.05) is 25.6 Å². The summed E-state index contributed by atoms with van der Waals surface area (Å²) >= 11 is 0. The normalized spacial score (nSPS) is 17.8. The summed E-state index contributed by atoms with van der Waals surface area (Å²) in [6.45, 7) is 0.917. The van der Waals surface area contributed by atoms with E-state index in [-0.39, 0.29) is 23.8 Å². The number of nitro benzene ring substituents is 1. The fourth-order valence-corrected chi connectivity index (χ4v) is 2.55. The first-order valence-electron chi connectivity index (χ1n) is 6.41. The van der Waals surface area contributed by atoms with Gasteiger partial charge >= 0.3 is 11.7 Å². The molecule has 8 heteroatoms. The fraction of sp³-hybridized carbons (Fsp3) is 0.462. The number of anilines is 1. The summed E-state index contributed by atoms with van der Waals surface area (Å²) in [6, 6.07) is 2.12. The number of nitro groups is 1. The summed E-state index contributed by atoms with van der Waals surface area (Å²) in [6.07, 6.45) is 0.674. The molecule has 0 radical (unpaired) electrons. The van der Waals surface area contributed by atoms with Crippen LogP contribution in [0.1, 0.15) is 12.8 Å². The number of nitrogens with zero attached hydrogens (tertiary/aromatic N) is 2. The van der Waals surface area contributed by atoms with Crippen molar-refractivity contribution in [2.24, 2.45) is 5.92 Å². The second kappa shape index (κ2) is 5.94. The van der Waals surface area contributed by atoms with E-state index >= 15 is 0 Å². The molecule has 1 aliphatic heterocycles. The third-order valence-electron chi connectivity index (χ3n) is 3.53. The van der Waals surface area contributed by atoms with Crippen molar-refractivity contribution in [2.45, 2.75) is 12.8 Å². The van der Waals surface area contributed by atoms with Crippen molar-refractivity contribution in [3.05, 3.63) is 28.1 Å². The maximum absolute atomic E-state index is 14.1. The number of rotatable bonds is 5. The predicted molar refractivity (Wildman–Crippen MR) is 72.2 cm³/mol. The lowest BCUT2D eigenvalue weighted by Gasteiger charge is -2.19. The Labute approximate surface area is 120 Å². The molecule has 1 heterocycles. The van der Waals surface area contributed by atoms with Gasteiger partial charge < -0.3 is 14.7 Å². The van der Waals surface area contributed by atoms with Gasteiger partial charge in [-0.15, -0.1) is 0 Å². The molecule has 0 bridgehead atoms.